The van der Waals surface area contributed by atoms with Gasteiger partial charge in [-0.3, -0.25) is 9.88 Å². The highest BCUT2D eigenvalue weighted by Crippen LogP contribution is 2.35. The molecule has 0 bridgehead atoms. The van der Waals surface area contributed by atoms with Gasteiger partial charge in [-0.15, -0.1) is 0 Å². The van der Waals surface area contributed by atoms with Gasteiger partial charge in [0, 0.05) is 25.8 Å². The maximum atomic E-state index is 11.4. The molecule has 0 radical (unpaired) electrons. The summed E-state index contributed by atoms with van der Waals surface area (Å²) in [6, 6.07) is 14.4. The third-order valence-corrected chi connectivity index (χ3v) is 5.37. The Bertz CT molecular complexity index is 671. The Morgan fingerprint density at radius 2 is 1.96 bits per heavy atom. The predicted octanol–water partition coefficient (Wildman–Crippen LogP) is 2.67. The van der Waals surface area contributed by atoms with E-state index in [0.717, 1.165) is 43.7 Å². The van der Waals surface area contributed by atoms with Crippen LogP contribution in [0.25, 0.3) is 0 Å². The van der Waals surface area contributed by atoms with Gasteiger partial charge >= 0.3 is 0 Å². The van der Waals surface area contributed by atoms with Gasteiger partial charge in [-0.1, -0.05) is 43.3 Å². The van der Waals surface area contributed by atoms with Crippen molar-refractivity contribution in [3.05, 3.63) is 65.5 Å². The quantitative estimate of drug-likeness (QED) is 0.909. The Hall–Kier alpha value is -1.75. The summed E-state index contributed by atoms with van der Waals surface area (Å²) in [7, 11) is 4.10. The van der Waals surface area contributed by atoms with Gasteiger partial charge in [-0.05, 0) is 44.1 Å². The summed E-state index contributed by atoms with van der Waals surface area (Å²) in [4.78, 5) is 9.13. The van der Waals surface area contributed by atoms with Crippen LogP contribution in [0.1, 0.15) is 30.2 Å². The molecule has 0 saturated carbocycles. The molecular formula is C21H29N3O. The highest BCUT2D eigenvalue weighted by molar-refractivity contribution is 5.26. The normalized spacial score (nSPS) is 24.6. The van der Waals surface area contributed by atoms with Crippen molar-refractivity contribution in [2.45, 2.75) is 38.0 Å². The molecule has 4 heteroatoms. The molecule has 1 N–H and O–H groups in total. The molecule has 134 valence electrons. The molecule has 0 amide bonds. The summed E-state index contributed by atoms with van der Waals surface area (Å²) < 4.78 is 0. The number of hydrogen-bond acceptors (Lipinski definition) is 4. The van der Waals surface area contributed by atoms with Gasteiger partial charge in [-0.25, -0.2) is 0 Å². The van der Waals surface area contributed by atoms with Crippen molar-refractivity contribution in [2.75, 3.05) is 27.2 Å². The molecule has 1 aromatic carbocycles. The highest BCUT2D eigenvalue weighted by atomic mass is 16.3. The van der Waals surface area contributed by atoms with Crippen LogP contribution in [0.2, 0.25) is 0 Å². The van der Waals surface area contributed by atoms with Gasteiger partial charge in [0.25, 0.3) is 0 Å². The first-order chi connectivity index (χ1) is 12.0. The van der Waals surface area contributed by atoms with E-state index in [4.69, 9.17) is 0 Å². The van der Waals surface area contributed by atoms with Crippen molar-refractivity contribution in [3.63, 3.8) is 0 Å². The summed E-state index contributed by atoms with van der Waals surface area (Å²) in [6.07, 6.45) is 3.72. The van der Waals surface area contributed by atoms with Gasteiger partial charge in [0.2, 0.25) is 0 Å². The Morgan fingerprint density at radius 1 is 1.20 bits per heavy atom. The average Bonchev–Trinajstić information content (AvgIpc) is 2.64. The van der Waals surface area contributed by atoms with Gasteiger partial charge in [-0.2, -0.15) is 0 Å². The van der Waals surface area contributed by atoms with Crippen LogP contribution in [0.4, 0.5) is 0 Å². The maximum Gasteiger partial charge on any atom is 0.107 e. The molecule has 25 heavy (non-hydrogen) atoms. The number of nitrogens with zero attached hydrogens (tertiary/aromatic N) is 3. The minimum atomic E-state index is -0.805. The van der Waals surface area contributed by atoms with Crippen molar-refractivity contribution in [2.24, 2.45) is 0 Å². The van der Waals surface area contributed by atoms with E-state index in [9.17, 15) is 5.11 Å². The maximum absolute atomic E-state index is 11.4. The first-order valence-electron chi connectivity index (χ1n) is 9.13. The summed E-state index contributed by atoms with van der Waals surface area (Å²) in [5, 5.41) is 11.4. The highest BCUT2D eigenvalue weighted by Gasteiger charge is 2.43. The number of rotatable bonds is 5. The standard InChI is InChI=1S/C21H29N3O/c1-4-17-10-11-19(22-14-17)15-24-13-12-21(25,20(16-24)23(2)3)18-8-6-5-7-9-18/h5-11,14,20,25H,4,12-13,15-16H2,1-3H3/t20-,21+/m1/s1. The molecule has 0 aliphatic carbocycles. The van der Waals surface area contributed by atoms with Crippen LogP contribution in [-0.2, 0) is 18.6 Å². The fourth-order valence-corrected chi connectivity index (χ4v) is 3.77. The number of piperidine rings is 1. The van der Waals surface area contributed by atoms with Crippen LogP contribution >= 0.6 is 0 Å². The minimum absolute atomic E-state index is 0.0542. The molecule has 3 rings (SSSR count). The van der Waals surface area contributed by atoms with Crippen molar-refractivity contribution in [1.82, 2.24) is 14.8 Å². The fourth-order valence-electron chi connectivity index (χ4n) is 3.77. The van der Waals surface area contributed by atoms with E-state index >= 15 is 0 Å². The molecule has 2 heterocycles. The van der Waals surface area contributed by atoms with Crippen LogP contribution in [0.5, 0.6) is 0 Å². The zero-order chi connectivity index (χ0) is 17.9. The molecule has 1 aromatic heterocycles. The molecule has 1 aliphatic heterocycles. The summed E-state index contributed by atoms with van der Waals surface area (Å²) in [5.74, 6) is 0. The molecule has 1 saturated heterocycles. The molecule has 2 aromatic rings. The summed E-state index contributed by atoms with van der Waals surface area (Å²) in [5.41, 5.74) is 2.58. The van der Waals surface area contributed by atoms with E-state index in [0.29, 0.717) is 0 Å². The van der Waals surface area contributed by atoms with E-state index in [2.05, 4.69) is 47.9 Å². The van der Waals surface area contributed by atoms with E-state index in [1.54, 1.807) is 0 Å². The van der Waals surface area contributed by atoms with E-state index in [1.165, 1.54) is 5.56 Å². The van der Waals surface area contributed by atoms with Crippen molar-refractivity contribution in [1.29, 1.82) is 0 Å². The molecule has 0 unspecified atom stereocenters. The number of hydrogen-bond donors (Lipinski definition) is 1. The monoisotopic (exact) mass is 339 g/mol. The first-order valence-corrected chi connectivity index (χ1v) is 9.13. The van der Waals surface area contributed by atoms with Gasteiger partial charge in [0.05, 0.1) is 11.7 Å². The van der Waals surface area contributed by atoms with Crippen LogP contribution in [-0.4, -0.2) is 53.1 Å². The average molecular weight is 339 g/mol. The lowest BCUT2D eigenvalue weighted by atomic mass is 9.80. The molecule has 4 nitrogen and oxygen atoms in total. The number of likely N-dealkylation sites (N-methyl/N-ethyl adjacent to an activating group) is 1. The number of likely N-dealkylation sites (tertiary alicyclic amines) is 1. The van der Waals surface area contributed by atoms with Crippen LogP contribution in [0.15, 0.2) is 48.7 Å². The second-order valence-electron chi connectivity index (χ2n) is 7.27. The lowest BCUT2D eigenvalue weighted by Gasteiger charge is -2.47. The van der Waals surface area contributed by atoms with Gasteiger partial charge < -0.3 is 10.0 Å². The number of benzene rings is 1. The topological polar surface area (TPSA) is 39.6 Å². The molecule has 2 atom stereocenters. The predicted molar refractivity (Wildman–Crippen MR) is 101 cm³/mol. The van der Waals surface area contributed by atoms with E-state index in [1.807, 2.05) is 36.5 Å². The van der Waals surface area contributed by atoms with Crippen LogP contribution < -0.4 is 0 Å². The molecule has 1 aliphatic rings. The Morgan fingerprint density at radius 3 is 2.56 bits per heavy atom. The third-order valence-electron chi connectivity index (χ3n) is 5.37. The summed E-state index contributed by atoms with van der Waals surface area (Å²) >= 11 is 0. The zero-order valence-corrected chi connectivity index (χ0v) is 15.5. The number of pyridine rings is 1. The Balaban J connectivity index is 1.75. The number of aryl methyl sites for hydroxylation is 1. The number of aromatic nitrogens is 1. The fraction of sp³-hybridized carbons (Fsp3) is 0.476. The van der Waals surface area contributed by atoms with E-state index < -0.39 is 5.60 Å². The van der Waals surface area contributed by atoms with E-state index in [-0.39, 0.29) is 6.04 Å². The lowest BCUT2D eigenvalue weighted by Crippen LogP contribution is -2.58. The smallest absolute Gasteiger partial charge is 0.107 e. The van der Waals surface area contributed by atoms with Gasteiger partial charge in [0.15, 0.2) is 0 Å². The second-order valence-corrected chi connectivity index (χ2v) is 7.27. The van der Waals surface area contributed by atoms with Crippen molar-refractivity contribution < 1.29 is 5.11 Å². The Labute approximate surface area is 151 Å². The SMILES string of the molecule is CCc1ccc(CN2CC[C@](O)(c3ccccc3)[C@H](N(C)C)C2)nc1. The molecular weight excluding hydrogens is 310 g/mol. The first kappa shape index (κ1) is 18.1. The Kier molecular flexibility index (Phi) is 5.52. The second kappa shape index (κ2) is 7.65. The molecule has 1 fully saturated rings. The van der Waals surface area contributed by atoms with Crippen LogP contribution in [0, 0.1) is 0 Å². The lowest BCUT2D eigenvalue weighted by molar-refractivity contribution is -0.0894. The van der Waals surface area contributed by atoms with Crippen molar-refractivity contribution in [3.8, 4) is 0 Å². The largest absolute Gasteiger partial charge is 0.383 e. The zero-order valence-electron chi connectivity index (χ0n) is 15.5. The summed E-state index contributed by atoms with van der Waals surface area (Å²) in [6.45, 7) is 4.68. The third kappa shape index (κ3) is 3.92. The number of aliphatic hydroxyl groups is 1. The molecule has 0 spiro atoms. The van der Waals surface area contributed by atoms with Crippen molar-refractivity contribution >= 4 is 0 Å². The van der Waals surface area contributed by atoms with Crippen LogP contribution in [0.3, 0.4) is 0 Å². The minimum Gasteiger partial charge on any atom is -0.383 e. The van der Waals surface area contributed by atoms with Gasteiger partial charge in [0.1, 0.15) is 5.60 Å².